The number of nitro groups is 1. The first-order chi connectivity index (χ1) is 11.6. The number of nitrogens with zero attached hydrogens (tertiary/aromatic N) is 1. The molecule has 3 rings (SSSR count). The van der Waals surface area contributed by atoms with Gasteiger partial charge in [-0.05, 0) is 30.5 Å². The number of non-ortho nitro benzene ring substituents is 1. The van der Waals surface area contributed by atoms with Crippen LogP contribution in [-0.2, 0) is 11.2 Å². The Balaban J connectivity index is 1.85. The lowest BCUT2D eigenvalue weighted by molar-refractivity contribution is -0.384. The van der Waals surface area contributed by atoms with Crippen LogP contribution in [0.4, 0.5) is 11.4 Å². The Kier molecular flexibility index (Phi) is 4.70. The van der Waals surface area contributed by atoms with Crippen molar-refractivity contribution in [1.29, 1.82) is 0 Å². The molecule has 0 aliphatic heterocycles. The molecule has 0 radical (unpaired) electrons. The average Bonchev–Trinajstić information content (AvgIpc) is 2.59. The van der Waals surface area contributed by atoms with E-state index >= 15 is 0 Å². The summed E-state index contributed by atoms with van der Waals surface area (Å²) in [6.45, 7) is 0. The molecule has 1 aliphatic carbocycles. The van der Waals surface area contributed by atoms with Gasteiger partial charge in [0.05, 0.1) is 4.92 Å². The maximum atomic E-state index is 12.4. The number of rotatable bonds is 5. The lowest BCUT2D eigenvalue weighted by Gasteiger charge is -2.21. The number of benzene rings is 2. The van der Waals surface area contributed by atoms with Crippen LogP contribution in [-0.4, -0.2) is 10.7 Å². The van der Waals surface area contributed by atoms with Crippen LogP contribution in [0.2, 0.25) is 0 Å². The minimum atomic E-state index is -0.423. The normalized spacial score (nSPS) is 14.6. The summed E-state index contributed by atoms with van der Waals surface area (Å²) in [5.41, 5.74) is 3.65. The molecule has 1 aliphatic rings. The first-order valence-corrected chi connectivity index (χ1v) is 7.94. The molecule has 0 bridgehead atoms. The Morgan fingerprint density at radius 2 is 1.71 bits per heavy atom. The monoisotopic (exact) mass is 322 g/mol. The summed E-state index contributed by atoms with van der Waals surface area (Å²) < 4.78 is 0. The molecule has 0 amide bonds. The fraction of sp³-hybridized carbons (Fsp3) is 0.211. The van der Waals surface area contributed by atoms with Gasteiger partial charge < -0.3 is 5.32 Å². The van der Waals surface area contributed by atoms with Crippen molar-refractivity contribution in [3.8, 4) is 0 Å². The lowest BCUT2D eigenvalue weighted by atomic mass is 9.90. The number of allylic oxidation sites excluding steroid dienone is 2. The minimum Gasteiger partial charge on any atom is -0.359 e. The first-order valence-electron chi connectivity index (χ1n) is 7.94. The van der Waals surface area contributed by atoms with Crippen LogP contribution >= 0.6 is 0 Å². The molecular weight excluding hydrogens is 304 g/mol. The predicted molar refractivity (Wildman–Crippen MR) is 92.7 cm³/mol. The highest BCUT2D eigenvalue weighted by atomic mass is 16.6. The lowest BCUT2D eigenvalue weighted by Crippen LogP contribution is -2.18. The number of anilines is 1. The van der Waals surface area contributed by atoms with Crippen LogP contribution in [0.15, 0.2) is 65.9 Å². The van der Waals surface area contributed by atoms with Gasteiger partial charge in [-0.2, -0.15) is 0 Å². The fourth-order valence-electron chi connectivity index (χ4n) is 2.88. The highest BCUT2D eigenvalue weighted by Gasteiger charge is 2.21. The van der Waals surface area contributed by atoms with E-state index in [1.807, 2.05) is 30.3 Å². The van der Waals surface area contributed by atoms with Crippen molar-refractivity contribution in [3.05, 3.63) is 81.5 Å². The second-order valence-corrected chi connectivity index (χ2v) is 5.83. The number of hydrogen-bond donors (Lipinski definition) is 1. The Morgan fingerprint density at radius 1 is 1.00 bits per heavy atom. The highest BCUT2D eigenvalue weighted by molar-refractivity contribution is 5.97. The Hall–Kier alpha value is -2.95. The molecule has 0 heterocycles. The molecule has 5 nitrogen and oxygen atoms in total. The largest absolute Gasteiger partial charge is 0.359 e. The summed E-state index contributed by atoms with van der Waals surface area (Å²) in [6, 6.07) is 16.2. The third-order valence-corrected chi connectivity index (χ3v) is 4.13. The molecule has 1 N–H and O–H groups in total. The zero-order valence-corrected chi connectivity index (χ0v) is 13.2. The van der Waals surface area contributed by atoms with E-state index in [0.29, 0.717) is 12.8 Å². The van der Waals surface area contributed by atoms with Crippen molar-refractivity contribution in [2.24, 2.45) is 0 Å². The maximum Gasteiger partial charge on any atom is 0.269 e. The summed E-state index contributed by atoms with van der Waals surface area (Å²) in [4.78, 5) is 22.7. The zero-order valence-electron chi connectivity index (χ0n) is 13.2. The van der Waals surface area contributed by atoms with Crippen molar-refractivity contribution >= 4 is 17.2 Å². The molecule has 0 atom stereocenters. The van der Waals surface area contributed by atoms with E-state index in [-0.39, 0.29) is 11.5 Å². The number of hydrogen-bond acceptors (Lipinski definition) is 4. The Bertz CT molecular complexity index is 780. The first kappa shape index (κ1) is 15.9. The number of carbonyl (C=O) groups is 1. The molecule has 0 saturated carbocycles. The molecule has 24 heavy (non-hydrogen) atoms. The molecule has 5 heteroatoms. The fourth-order valence-corrected chi connectivity index (χ4v) is 2.88. The maximum absolute atomic E-state index is 12.4. The molecule has 0 unspecified atom stereocenters. The van der Waals surface area contributed by atoms with Gasteiger partial charge in [0.25, 0.3) is 5.69 Å². The van der Waals surface area contributed by atoms with Crippen LogP contribution in [0.1, 0.15) is 24.8 Å². The van der Waals surface area contributed by atoms with Gasteiger partial charge in [0.15, 0.2) is 5.78 Å². The summed E-state index contributed by atoms with van der Waals surface area (Å²) in [7, 11) is 0. The number of Topliss-reactive ketones (excluding diaryl/α,β-unsaturated/α-hetero) is 1. The SMILES string of the molecule is O=C1CCCC(Nc2ccc([N+](=O)[O-])cc2)=C1Cc1ccccc1. The smallest absolute Gasteiger partial charge is 0.269 e. The van der Waals surface area contributed by atoms with Crippen LogP contribution in [0.3, 0.4) is 0 Å². The highest BCUT2D eigenvalue weighted by Crippen LogP contribution is 2.27. The van der Waals surface area contributed by atoms with Gasteiger partial charge in [-0.1, -0.05) is 30.3 Å². The molecule has 122 valence electrons. The van der Waals surface area contributed by atoms with Gasteiger partial charge in [-0.15, -0.1) is 0 Å². The molecule has 0 aromatic heterocycles. The molecule has 2 aromatic rings. The Morgan fingerprint density at radius 3 is 2.38 bits per heavy atom. The van der Waals surface area contributed by atoms with Crippen molar-refractivity contribution < 1.29 is 9.72 Å². The van der Waals surface area contributed by atoms with E-state index in [1.165, 1.54) is 12.1 Å². The molecule has 0 spiro atoms. The van der Waals surface area contributed by atoms with E-state index in [9.17, 15) is 14.9 Å². The van der Waals surface area contributed by atoms with E-state index in [0.717, 1.165) is 35.4 Å². The summed E-state index contributed by atoms with van der Waals surface area (Å²) >= 11 is 0. The van der Waals surface area contributed by atoms with Crippen molar-refractivity contribution in [2.75, 3.05) is 5.32 Å². The van der Waals surface area contributed by atoms with Gasteiger partial charge in [0.1, 0.15) is 0 Å². The minimum absolute atomic E-state index is 0.0544. The molecule has 0 saturated heterocycles. The summed E-state index contributed by atoms with van der Waals surface area (Å²) in [5, 5.41) is 14.0. The van der Waals surface area contributed by atoms with Gasteiger partial charge >= 0.3 is 0 Å². The second kappa shape index (κ2) is 7.08. The molecule has 2 aromatic carbocycles. The van der Waals surface area contributed by atoms with Gasteiger partial charge in [-0.3, -0.25) is 14.9 Å². The van der Waals surface area contributed by atoms with Gasteiger partial charge in [0, 0.05) is 41.9 Å². The predicted octanol–water partition coefficient (Wildman–Crippen LogP) is 4.26. The van der Waals surface area contributed by atoms with E-state index in [2.05, 4.69) is 5.32 Å². The van der Waals surface area contributed by atoms with Gasteiger partial charge in [0.2, 0.25) is 0 Å². The number of carbonyl (C=O) groups excluding carboxylic acids is 1. The molecular formula is C19H18N2O3. The van der Waals surface area contributed by atoms with E-state index < -0.39 is 4.92 Å². The van der Waals surface area contributed by atoms with Crippen LogP contribution in [0.25, 0.3) is 0 Å². The summed E-state index contributed by atoms with van der Waals surface area (Å²) in [6.07, 6.45) is 2.82. The number of nitro benzene ring substituents is 1. The van der Waals surface area contributed by atoms with E-state index in [4.69, 9.17) is 0 Å². The van der Waals surface area contributed by atoms with Gasteiger partial charge in [-0.25, -0.2) is 0 Å². The second-order valence-electron chi connectivity index (χ2n) is 5.83. The third-order valence-electron chi connectivity index (χ3n) is 4.13. The Labute approximate surface area is 140 Å². The van der Waals surface area contributed by atoms with Crippen LogP contribution in [0, 0.1) is 10.1 Å². The summed E-state index contributed by atoms with van der Waals surface area (Å²) in [5.74, 6) is 0.175. The molecule has 0 fully saturated rings. The van der Waals surface area contributed by atoms with Crippen molar-refractivity contribution in [1.82, 2.24) is 0 Å². The average molecular weight is 322 g/mol. The zero-order chi connectivity index (χ0) is 16.9. The van der Waals surface area contributed by atoms with Crippen molar-refractivity contribution in [3.63, 3.8) is 0 Å². The van der Waals surface area contributed by atoms with Crippen molar-refractivity contribution in [2.45, 2.75) is 25.7 Å². The van der Waals surface area contributed by atoms with E-state index in [1.54, 1.807) is 12.1 Å². The number of ketones is 1. The van der Waals surface area contributed by atoms with Crippen LogP contribution in [0.5, 0.6) is 0 Å². The quantitative estimate of drug-likeness (QED) is 0.659. The topological polar surface area (TPSA) is 72.2 Å². The third kappa shape index (κ3) is 3.68. The standard InChI is InChI=1S/C19H18N2O3/c22-19-8-4-7-18(17(19)13-14-5-2-1-3-6-14)20-15-9-11-16(12-10-15)21(23)24/h1-3,5-6,9-12,20H,4,7-8,13H2. The number of nitrogens with one attached hydrogen (secondary N) is 1. The van der Waals surface area contributed by atoms with Crippen LogP contribution < -0.4 is 5.32 Å².